The Kier molecular flexibility index (Phi) is 4.39. The van der Waals surface area contributed by atoms with Crippen LogP contribution < -0.4 is 4.48 Å². The molecule has 0 unspecified atom stereocenters. The van der Waals surface area contributed by atoms with Gasteiger partial charge in [0.1, 0.15) is 22.7 Å². The summed E-state index contributed by atoms with van der Waals surface area (Å²) in [5.74, 6) is 0. The molecule has 4 aromatic rings. The van der Waals surface area contributed by atoms with E-state index in [1.54, 1.807) is 0 Å². The van der Waals surface area contributed by atoms with E-state index in [0.717, 1.165) is 0 Å². The van der Waals surface area contributed by atoms with E-state index in [9.17, 15) is 0 Å². The standard InChI is InChI=1S/C25H22N/c1-21-12-11-19-25(20-21)26(22-13-5-2-6-14-22,23-15-7-3-8-16-23)24-17-9-4-10-18-24/h2-20H,1H3/q+1. The molecule has 0 N–H and O–H groups in total. The van der Waals surface area contributed by atoms with E-state index in [4.69, 9.17) is 0 Å². The predicted molar refractivity (Wildman–Crippen MR) is 111 cm³/mol. The lowest BCUT2D eigenvalue weighted by atomic mass is 10.0. The molecule has 0 aliphatic heterocycles. The zero-order valence-electron chi connectivity index (χ0n) is 14.9. The summed E-state index contributed by atoms with van der Waals surface area (Å²) in [6, 6.07) is 41.0. The van der Waals surface area contributed by atoms with Crippen molar-refractivity contribution in [2.24, 2.45) is 0 Å². The third-order valence-corrected chi connectivity index (χ3v) is 4.82. The Bertz CT molecular complexity index is 879. The maximum absolute atomic E-state index is 2.28. The van der Waals surface area contributed by atoms with Gasteiger partial charge in [0.25, 0.3) is 0 Å². The normalized spacial score (nSPS) is 11.3. The van der Waals surface area contributed by atoms with E-state index in [1.165, 1.54) is 28.3 Å². The molecule has 0 amide bonds. The highest BCUT2D eigenvalue weighted by Gasteiger charge is 2.38. The number of aryl methyl sites for hydroxylation is 1. The van der Waals surface area contributed by atoms with Crippen molar-refractivity contribution >= 4 is 22.7 Å². The van der Waals surface area contributed by atoms with Gasteiger partial charge in [0.15, 0.2) is 0 Å². The average Bonchev–Trinajstić information content (AvgIpc) is 2.71. The van der Waals surface area contributed by atoms with Crippen molar-refractivity contribution in [2.45, 2.75) is 6.92 Å². The van der Waals surface area contributed by atoms with Gasteiger partial charge in [0.2, 0.25) is 0 Å². The molecule has 0 bridgehead atoms. The van der Waals surface area contributed by atoms with Crippen molar-refractivity contribution < 1.29 is 0 Å². The molecule has 4 aromatic carbocycles. The summed E-state index contributed by atoms with van der Waals surface area (Å²) >= 11 is 0. The molecule has 0 saturated heterocycles. The molecule has 4 rings (SSSR count). The third kappa shape index (κ3) is 2.73. The van der Waals surface area contributed by atoms with Crippen molar-refractivity contribution in [3.63, 3.8) is 0 Å². The van der Waals surface area contributed by atoms with Gasteiger partial charge in [-0.15, -0.1) is 0 Å². The summed E-state index contributed by atoms with van der Waals surface area (Å²) < 4.78 is 0.560. The van der Waals surface area contributed by atoms with Crippen LogP contribution in [-0.2, 0) is 0 Å². The molecule has 0 spiro atoms. The lowest BCUT2D eigenvalue weighted by molar-refractivity contribution is 0.703. The van der Waals surface area contributed by atoms with E-state index in [2.05, 4.69) is 122 Å². The first kappa shape index (κ1) is 16.3. The number of para-hydroxylation sites is 3. The van der Waals surface area contributed by atoms with Crippen LogP contribution in [-0.4, -0.2) is 0 Å². The molecule has 0 heterocycles. The van der Waals surface area contributed by atoms with Gasteiger partial charge < -0.3 is 0 Å². The Morgan fingerprint density at radius 3 is 1.19 bits per heavy atom. The van der Waals surface area contributed by atoms with Crippen LogP contribution >= 0.6 is 0 Å². The molecule has 0 aliphatic carbocycles. The van der Waals surface area contributed by atoms with Gasteiger partial charge in [0, 0.05) is 48.5 Å². The highest BCUT2D eigenvalue weighted by Crippen LogP contribution is 2.51. The Morgan fingerprint density at radius 2 is 0.808 bits per heavy atom. The van der Waals surface area contributed by atoms with Gasteiger partial charge >= 0.3 is 0 Å². The number of benzene rings is 4. The molecule has 0 aliphatic rings. The maximum atomic E-state index is 2.28. The van der Waals surface area contributed by atoms with Crippen LogP contribution in [0.2, 0.25) is 0 Å². The van der Waals surface area contributed by atoms with Crippen LogP contribution in [0.15, 0.2) is 115 Å². The molecule has 26 heavy (non-hydrogen) atoms. The predicted octanol–water partition coefficient (Wildman–Crippen LogP) is 7.30. The van der Waals surface area contributed by atoms with E-state index in [0.29, 0.717) is 4.48 Å². The van der Waals surface area contributed by atoms with Crippen LogP contribution in [0.3, 0.4) is 0 Å². The van der Waals surface area contributed by atoms with Crippen LogP contribution in [0, 0.1) is 6.92 Å². The molecule has 0 saturated carbocycles. The minimum absolute atomic E-state index is 0.560. The zero-order chi connectivity index (χ0) is 17.8. The number of rotatable bonds is 4. The number of hydrogen-bond donors (Lipinski definition) is 0. The first-order valence-corrected chi connectivity index (χ1v) is 8.95. The quantitative estimate of drug-likeness (QED) is 0.343. The van der Waals surface area contributed by atoms with Crippen LogP contribution in [0.25, 0.3) is 0 Å². The van der Waals surface area contributed by atoms with Crippen LogP contribution in [0.1, 0.15) is 5.56 Å². The van der Waals surface area contributed by atoms with E-state index < -0.39 is 0 Å². The molecule has 1 heteroatoms. The summed E-state index contributed by atoms with van der Waals surface area (Å²) in [4.78, 5) is 0. The molecule has 0 fully saturated rings. The largest absolute Gasteiger partial charge is 0.194 e. The fraction of sp³-hybridized carbons (Fsp3) is 0.0400. The van der Waals surface area contributed by atoms with Crippen LogP contribution in [0.5, 0.6) is 0 Å². The number of quaternary nitrogens is 1. The highest BCUT2D eigenvalue weighted by molar-refractivity contribution is 5.81. The zero-order valence-corrected chi connectivity index (χ0v) is 14.9. The first-order chi connectivity index (χ1) is 12.8. The minimum atomic E-state index is 0.560. The Labute approximate surface area is 155 Å². The van der Waals surface area contributed by atoms with E-state index in [1.807, 2.05) is 0 Å². The smallest absolute Gasteiger partial charge is 0.148 e. The van der Waals surface area contributed by atoms with Crippen molar-refractivity contribution in [1.82, 2.24) is 4.48 Å². The molecule has 0 aromatic heterocycles. The summed E-state index contributed by atoms with van der Waals surface area (Å²) in [6.45, 7) is 2.15. The maximum Gasteiger partial charge on any atom is 0.148 e. The third-order valence-electron chi connectivity index (χ3n) is 4.82. The second-order valence-corrected chi connectivity index (χ2v) is 6.52. The average molecular weight is 336 g/mol. The fourth-order valence-corrected chi connectivity index (χ4v) is 3.69. The van der Waals surface area contributed by atoms with E-state index >= 15 is 0 Å². The Morgan fingerprint density at radius 1 is 0.423 bits per heavy atom. The minimum Gasteiger partial charge on any atom is -0.194 e. The Hall–Kier alpha value is -3.16. The molecular formula is C25H22N+. The second-order valence-electron chi connectivity index (χ2n) is 6.52. The van der Waals surface area contributed by atoms with Crippen LogP contribution in [0.4, 0.5) is 22.7 Å². The molecule has 0 radical (unpaired) electrons. The van der Waals surface area contributed by atoms with Gasteiger partial charge in [0.05, 0.1) is 0 Å². The first-order valence-electron chi connectivity index (χ1n) is 8.95. The number of nitrogens with zero attached hydrogens (tertiary/aromatic N) is 1. The molecule has 0 atom stereocenters. The summed E-state index contributed by atoms with van der Waals surface area (Å²) in [5, 5.41) is 0. The number of hydrogen-bond acceptors (Lipinski definition) is 0. The molecular weight excluding hydrogens is 314 g/mol. The topological polar surface area (TPSA) is 0 Å². The highest BCUT2D eigenvalue weighted by atomic mass is 15.4. The van der Waals surface area contributed by atoms with Crippen molar-refractivity contribution in [2.75, 3.05) is 0 Å². The second kappa shape index (κ2) is 6.99. The summed E-state index contributed by atoms with van der Waals surface area (Å²) in [5.41, 5.74) is 6.14. The lowest BCUT2D eigenvalue weighted by Gasteiger charge is -2.37. The van der Waals surface area contributed by atoms with Gasteiger partial charge in [-0.05, 0) is 12.5 Å². The summed E-state index contributed by atoms with van der Waals surface area (Å²) in [7, 11) is 0. The van der Waals surface area contributed by atoms with Crippen molar-refractivity contribution in [3.05, 3.63) is 121 Å². The van der Waals surface area contributed by atoms with Gasteiger partial charge in [-0.2, -0.15) is 4.48 Å². The SMILES string of the molecule is Cc1cccc([N+](c2ccccc2)(c2ccccc2)c2ccccc2)c1. The van der Waals surface area contributed by atoms with Gasteiger partial charge in [-0.3, -0.25) is 0 Å². The van der Waals surface area contributed by atoms with Crippen molar-refractivity contribution in [3.8, 4) is 0 Å². The summed E-state index contributed by atoms with van der Waals surface area (Å²) in [6.07, 6.45) is 0. The lowest BCUT2D eigenvalue weighted by Crippen LogP contribution is -2.33. The molecule has 1 nitrogen and oxygen atoms in total. The fourth-order valence-electron chi connectivity index (χ4n) is 3.69. The molecule has 126 valence electrons. The van der Waals surface area contributed by atoms with E-state index in [-0.39, 0.29) is 0 Å². The van der Waals surface area contributed by atoms with Gasteiger partial charge in [-0.25, -0.2) is 0 Å². The monoisotopic (exact) mass is 336 g/mol. The van der Waals surface area contributed by atoms with Gasteiger partial charge in [-0.1, -0.05) is 66.7 Å². The Balaban J connectivity index is 2.14. The van der Waals surface area contributed by atoms with Crippen molar-refractivity contribution in [1.29, 1.82) is 0 Å².